The van der Waals surface area contributed by atoms with Gasteiger partial charge in [0, 0.05) is 10.1 Å². The highest BCUT2D eigenvalue weighted by molar-refractivity contribution is 8.00. The second kappa shape index (κ2) is 7.98. The number of carbonyl (C=O) groups excluding carboxylic acids is 1. The largest absolute Gasteiger partial charge is 0.324 e. The number of anilines is 1. The van der Waals surface area contributed by atoms with Crippen molar-refractivity contribution in [2.45, 2.75) is 35.8 Å². The van der Waals surface area contributed by atoms with Crippen LogP contribution in [0.15, 0.2) is 29.2 Å². The highest BCUT2D eigenvalue weighted by atomic mass is 32.2. The summed E-state index contributed by atoms with van der Waals surface area (Å²) < 4.78 is 0. The maximum Gasteiger partial charge on any atom is 0.238 e. The van der Waals surface area contributed by atoms with Crippen LogP contribution in [-0.4, -0.2) is 24.2 Å². The van der Waals surface area contributed by atoms with E-state index in [0.717, 1.165) is 10.6 Å². The lowest BCUT2D eigenvalue weighted by Crippen LogP contribution is -2.28. The van der Waals surface area contributed by atoms with Gasteiger partial charge in [0.2, 0.25) is 5.91 Å². The molecule has 1 aromatic rings. The molecule has 0 aliphatic heterocycles. The molecule has 1 amide bonds. The van der Waals surface area contributed by atoms with Crippen molar-refractivity contribution in [3.05, 3.63) is 24.3 Å². The number of hydrogen-bond donors (Lipinski definition) is 2. The van der Waals surface area contributed by atoms with Crippen molar-refractivity contribution in [2.75, 3.05) is 18.4 Å². The Hall–Kier alpha value is -1.44. The van der Waals surface area contributed by atoms with Crippen molar-refractivity contribution in [3.8, 4) is 12.3 Å². The van der Waals surface area contributed by atoms with E-state index in [9.17, 15) is 4.79 Å². The van der Waals surface area contributed by atoms with Gasteiger partial charge in [0.1, 0.15) is 0 Å². The van der Waals surface area contributed by atoms with Crippen LogP contribution in [-0.2, 0) is 4.79 Å². The molecular weight excluding hydrogens is 268 g/mol. The van der Waals surface area contributed by atoms with Gasteiger partial charge < -0.3 is 5.32 Å². The fourth-order valence-corrected chi connectivity index (χ4v) is 3.63. The van der Waals surface area contributed by atoms with E-state index in [-0.39, 0.29) is 12.5 Å². The van der Waals surface area contributed by atoms with Crippen LogP contribution in [0.1, 0.15) is 25.7 Å². The molecule has 1 fully saturated rings. The van der Waals surface area contributed by atoms with E-state index < -0.39 is 0 Å². The molecule has 106 valence electrons. The van der Waals surface area contributed by atoms with Crippen LogP contribution >= 0.6 is 11.8 Å². The average molecular weight is 288 g/mol. The molecular formula is C16H20N2OS. The molecule has 0 saturated heterocycles. The maximum absolute atomic E-state index is 11.8. The minimum atomic E-state index is -0.0558. The maximum atomic E-state index is 11.8. The number of hydrogen-bond acceptors (Lipinski definition) is 3. The molecule has 0 heterocycles. The third-order valence-electron chi connectivity index (χ3n) is 3.27. The van der Waals surface area contributed by atoms with E-state index in [1.165, 1.54) is 25.7 Å². The number of carbonyl (C=O) groups is 1. The Morgan fingerprint density at radius 3 is 2.85 bits per heavy atom. The van der Waals surface area contributed by atoms with Gasteiger partial charge in [-0.25, -0.2) is 0 Å². The first-order valence-corrected chi connectivity index (χ1v) is 7.87. The summed E-state index contributed by atoms with van der Waals surface area (Å²) in [6.45, 7) is 0.651. The van der Waals surface area contributed by atoms with Gasteiger partial charge in [0.15, 0.2) is 0 Å². The van der Waals surface area contributed by atoms with Gasteiger partial charge in [-0.05, 0) is 25.0 Å². The minimum absolute atomic E-state index is 0.0558. The summed E-state index contributed by atoms with van der Waals surface area (Å²) >= 11 is 1.88. The molecule has 0 radical (unpaired) electrons. The number of amides is 1. The van der Waals surface area contributed by atoms with Gasteiger partial charge in [-0.2, -0.15) is 0 Å². The van der Waals surface area contributed by atoms with Crippen molar-refractivity contribution in [3.63, 3.8) is 0 Å². The fraction of sp³-hybridized carbons (Fsp3) is 0.438. The fourth-order valence-electron chi connectivity index (χ4n) is 2.30. The zero-order chi connectivity index (χ0) is 14.2. The van der Waals surface area contributed by atoms with Gasteiger partial charge in [-0.3, -0.25) is 10.1 Å². The molecule has 0 atom stereocenters. The van der Waals surface area contributed by atoms with E-state index in [2.05, 4.69) is 22.6 Å². The van der Waals surface area contributed by atoms with Crippen LogP contribution in [0.2, 0.25) is 0 Å². The van der Waals surface area contributed by atoms with Crippen molar-refractivity contribution in [1.29, 1.82) is 0 Å². The SMILES string of the molecule is C#CCNCC(=O)Nc1ccccc1SC1CCCC1. The Morgan fingerprint density at radius 2 is 2.10 bits per heavy atom. The molecule has 0 unspecified atom stereocenters. The lowest BCUT2D eigenvalue weighted by atomic mass is 10.3. The number of thioether (sulfide) groups is 1. The molecule has 0 aromatic heterocycles. The molecule has 1 aliphatic rings. The van der Waals surface area contributed by atoms with E-state index in [0.29, 0.717) is 11.8 Å². The quantitative estimate of drug-likeness (QED) is 0.625. The van der Waals surface area contributed by atoms with Crippen molar-refractivity contribution in [1.82, 2.24) is 5.32 Å². The van der Waals surface area contributed by atoms with Gasteiger partial charge >= 0.3 is 0 Å². The lowest BCUT2D eigenvalue weighted by molar-refractivity contribution is -0.115. The summed E-state index contributed by atoms with van der Waals surface area (Å²) in [6.07, 6.45) is 10.3. The first-order chi connectivity index (χ1) is 9.79. The molecule has 4 heteroatoms. The summed E-state index contributed by atoms with van der Waals surface area (Å²) in [5.41, 5.74) is 0.900. The normalized spacial score (nSPS) is 14.9. The predicted molar refractivity (Wildman–Crippen MR) is 84.9 cm³/mol. The Bertz CT molecular complexity index is 489. The molecule has 1 aromatic carbocycles. The molecule has 1 saturated carbocycles. The molecule has 3 nitrogen and oxygen atoms in total. The summed E-state index contributed by atoms with van der Waals surface area (Å²) in [5.74, 6) is 2.40. The Morgan fingerprint density at radius 1 is 1.35 bits per heavy atom. The van der Waals surface area contributed by atoms with Crippen LogP contribution in [0.4, 0.5) is 5.69 Å². The molecule has 0 spiro atoms. The smallest absolute Gasteiger partial charge is 0.238 e. The first-order valence-electron chi connectivity index (χ1n) is 6.99. The second-order valence-electron chi connectivity index (χ2n) is 4.88. The Balaban J connectivity index is 1.93. The molecule has 0 bridgehead atoms. The van der Waals surface area contributed by atoms with E-state index in [1.807, 2.05) is 30.0 Å². The molecule has 2 rings (SSSR count). The third kappa shape index (κ3) is 4.59. The number of nitrogens with one attached hydrogen (secondary N) is 2. The third-order valence-corrected chi connectivity index (χ3v) is 4.68. The predicted octanol–water partition coefficient (Wildman–Crippen LogP) is 2.88. The summed E-state index contributed by atoms with van der Waals surface area (Å²) in [4.78, 5) is 13.0. The molecule has 1 aliphatic carbocycles. The van der Waals surface area contributed by atoms with Gasteiger partial charge in [-0.1, -0.05) is 30.9 Å². The van der Waals surface area contributed by atoms with Crippen LogP contribution in [0.3, 0.4) is 0 Å². The Labute approximate surface area is 124 Å². The Kier molecular flexibility index (Phi) is 5.97. The number of para-hydroxylation sites is 1. The van der Waals surface area contributed by atoms with E-state index >= 15 is 0 Å². The zero-order valence-electron chi connectivity index (χ0n) is 11.5. The van der Waals surface area contributed by atoms with Gasteiger partial charge in [-0.15, -0.1) is 18.2 Å². The number of terminal acetylenes is 1. The summed E-state index contributed by atoms with van der Waals surface area (Å²) in [7, 11) is 0. The zero-order valence-corrected chi connectivity index (χ0v) is 12.3. The second-order valence-corrected chi connectivity index (χ2v) is 6.22. The van der Waals surface area contributed by atoms with Crippen LogP contribution < -0.4 is 10.6 Å². The standard InChI is InChI=1S/C16H20N2OS/c1-2-11-17-12-16(19)18-14-9-5-6-10-15(14)20-13-7-3-4-8-13/h1,5-6,9-10,13,17H,3-4,7-8,11-12H2,(H,18,19). The van der Waals surface area contributed by atoms with Gasteiger partial charge in [0.05, 0.1) is 18.8 Å². The van der Waals surface area contributed by atoms with Crippen molar-refractivity contribution < 1.29 is 4.79 Å². The highest BCUT2D eigenvalue weighted by Gasteiger charge is 2.17. The summed E-state index contributed by atoms with van der Waals surface area (Å²) in [6, 6.07) is 8.00. The number of benzene rings is 1. The van der Waals surface area contributed by atoms with Crippen molar-refractivity contribution >= 4 is 23.4 Å². The van der Waals surface area contributed by atoms with Crippen molar-refractivity contribution in [2.24, 2.45) is 0 Å². The first kappa shape index (κ1) is 15.0. The molecule has 2 N–H and O–H groups in total. The number of rotatable bonds is 6. The monoisotopic (exact) mass is 288 g/mol. The lowest BCUT2D eigenvalue weighted by Gasteiger charge is -2.14. The highest BCUT2D eigenvalue weighted by Crippen LogP contribution is 2.37. The topological polar surface area (TPSA) is 41.1 Å². The van der Waals surface area contributed by atoms with Gasteiger partial charge in [0.25, 0.3) is 0 Å². The average Bonchev–Trinajstić information content (AvgIpc) is 2.94. The summed E-state index contributed by atoms with van der Waals surface area (Å²) in [5, 5.41) is 6.53. The van der Waals surface area contributed by atoms with E-state index in [4.69, 9.17) is 6.42 Å². The molecule has 20 heavy (non-hydrogen) atoms. The van der Waals surface area contributed by atoms with E-state index in [1.54, 1.807) is 0 Å². The van der Waals surface area contributed by atoms with Crippen LogP contribution in [0, 0.1) is 12.3 Å². The van der Waals surface area contributed by atoms with Crippen LogP contribution in [0.25, 0.3) is 0 Å². The van der Waals surface area contributed by atoms with Crippen LogP contribution in [0.5, 0.6) is 0 Å². The minimum Gasteiger partial charge on any atom is -0.324 e.